The summed E-state index contributed by atoms with van der Waals surface area (Å²) in [5.41, 5.74) is -0.0580. The molecule has 0 aromatic carbocycles. The maximum Gasteiger partial charge on any atom is 0.268 e. The molecule has 2 aliphatic rings. The van der Waals surface area contributed by atoms with Crippen molar-refractivity contribution < 1.29 is 9.84 Å². The lowest BCUT2D eigenvalue weighted by molar-refractivity contribution is -0.234. The zero-order valence-electron chi connectivity index (χ0n) is 7.05. The fraction of sp³-hybridized carbons (Fsp3) is 0.889. The zero-order valence-corrected chi connectivity index (χ0v) is 7.05. The molecule has 1 atom stereocenters. The average Bonchev–Trinajstić information content (AvgIpc) is 2.26. The molecule has 1 saturated carbocycles. The van der Waals surface area contributed by atoms with E-state index in [4.69, 9.17) is 11.3 Å². The predicted molar refractivity (Wildman–Crippen MR) is 43.3 cm³/mol. The van der Waals surface area contributed by atoms with Crippen LogP contribution >= 0.6 is 0 Å². The SMILES string of the molecule is [C-]#[N+]CC1(O)OCCC12CCC2. The second-order valence-electron chi connectivity index (χ2n) is 3.83. The molecule has 1 N–H and O–H groups in total. The van der Waals surface area contributed by atoms with Crippen LogP contribution in [0.15, 0.2) is 0 Å². The van der Waals surface area contributed by atoms with Crippen LogP contribution in [0.25, 0.3) is 4.85 Å². The van der Waals surface area contributed by atoms with E-state index in [1.165, 1.54) is 6.42 Å². The van der Waals surface area contributed by atoms with E-state index in [1.54, 1.807) is 0 Å². The first-order chi connectivity index (χ1) is 5.72. The largest absolute Gasteiger partial charge is 0.359 e. The van der Waals surface area contributed by atoms with Crippen molar-refractivity contribution in [3.8, 4) is 0 Å². The van der Waals surface area contributed by atoms with Crippen LogP contribution in [0, 0.1) is 12.0 Å². The number of nitrogens with zero attached hydrogens (tertiary/aromatic N) is 1. The molecule has 0 radical (unpaired) electrons. The number of ether oxygens (including phenoxy) is 1. The summed E-state index contributed by atoms with van der Waals surface area (Å²) in [7, 11) is 0. The van der Waals surface area contributed by atoms with E-state index in [1.807, 2.05) is 0 Å². The third-order valence-electron chi connectivity index (χ3n) is 3.35. The van der Waals surface area contributed by atoms with E-state index in [0.29, 0.717) is 6.61 Å². The van der Waals surface area contributed by atoms with E-state index in [0.717, 1.165) is 19.3 Å². The smallest absolute Gasteiger partial charge is 0.268 e. The Bertz CT molecular complexity index is 229. The Hall–Kier alpha value is -0.590. The summed E-state index contributed by atoms with van der Waals surface area (Å²) in [6.07, 6.45) is 4.15. The van der Waals surface area contributed by atoms with Crippen molar-refractivity contribution in [1.82, 2.24) is 0 Å². The van der Waals surface area contributed by atoms with E-state index in [-0.39, 0.29) is 12.0 Å². The van der Waals surface area contributed by atoms with Crippen LogP contribution in [-0.2, 0) is 4.74 Å². The van der Waals surface area contributed by atoms with Crippen molar-refractivity contribution in [1.29, 1.82) is 0 Å². The molecule has 0 aromatic heterocycles. The Balaban J connectivity index is 2.18. The van der Waals surface area contributed by atoms with Gasteiger partial charge in [-0.2, -0.15) is 0 Å². The number of hydrogen-bond donors (Lipinski definition) is 1. The van der Waals surface area contributed by atoms with E-state index >= 15 is 0 Å². The van der Waals surface area contributed by atoms with Gasteiger partial charge in [-0.1, -0.05) is 6.42 Å². The molecule has 2 rings (SSSR count). The third kappa shape index (κ3) is 0.825. The minimum absolute atomic E-state index is 0.0580. The Morgan fingerprint density at radius 3 is 2.67 bits per heavy atom. The summed E-state index contributed by atoms with van der Waals surface area (Å²) >= 11 is 0. The van der Waals surface area contributed by atoms with Crippen LogP contribution in [-0.4, -0.2) is 24.0 Å². The van der Waals surface area contributed by atoms with Gasteiger partial charge in [-0.3, -0.25) is 0 Å². The van der Waals surface area contributed by atoms with Gasteiger partial charge in [-0.25, -0.2) is 6.57 Å². The minimum Gasteiger partial charge on any atom is -0.359 e. The van der Waals surface area contributed by atoms with Gasteiger partial charge < -0.3 is 14.7 Å². The van der Waals surface area contributed by atoms with Crippen LogP contribution in [0.4, 0.5) is 0 Å². The van der Waals surface area contributed by atoms with Gasteiger partial charge in [-0.15, -0.1) is 0 Å². The molecular weight excluding hydrogens is 154 g/mol. The Labute approximate surface area is 72.2 Å². The third-order valence-corrected chi connectivity index (χ3v) is 3.35. The topological polar surface area (TPSA) is 33.8 Å². The van der Waals surface area contributed by atoms with Crippen molar-refractivity contribution in [2.45, 2.75) is 31.5 Å². The molecule has 0 aromatic rings. The highest BCUT2D eigenvalue weighted by atomic mass is 16.6. The molecule has 1 heterocycles. The van der Waals surface area contributed by atoms with Gasteiger partial charge in [-0.05, 0) is 19.3 Å². The second kappa shape index (κ2) is 2.45. The lowest BCUT2D eigenvalue weighted by atomic mass is 9.62. The molecule has 1 saturated heterocycles. The summed E-state index contributed by atoms with van der Waals surface area (Å²) in [6, 6.07) is 0. The summed E-state index contributed by atoms with van der Waals surface area (Å²) in [6.45, 7) is 7.47. The van der Waals surface area contributed by atoms with E-state index < -0.39 is 5.79 Å². The highest BCUT2D eigenvalue weighted by Gasteiger charge is 2.60. The molecule has 12 heavy (non-hydrogen) atoms. The van der Waals surface area contributed by atoms with Gasteiger partial charge in [0.25, 0.3) is 6.54 Å². The molecule has 66 valence electrons. The molecule has 3 nitrogen and oxygen atoms in total. The van der Waals surface area contributed by atoms with Crippen molar-refractivity contribution in [3.63, 3.8) is 0 Å². The quantitative estimate of drug-likeness (QED) is 0.595. The van der Waals surface area contributed by atoms with Gasteiger partial charge in [0.1, 0.15) is 0 Å². The van der Waals surface area contributed by atoms with Gasteiger partial charge >= 0.3 is 0 Å². The maximum atomic E-state index is 10.0. The molecule has 2 fully saturated rings. The molecule has 3 heteroatoms. The number of hydrogen-bond acceptors (Lipinski definition) is 2. The standard InChI is InChI=1S/C9H13NO2/c1-10-7-9(11)8(3-2-4-8)5-6-12-9/h11H,2-7H2. The summed E-state index contributed by atoms with van der Waals surface area (Å²) in [5.74, 6) is -1.12. The van der Waals surface area contributed by atoms with Crippen molar-refractivity contribution in [2.75, 3.05) is 13.2 Å². The van der Waals surface area contributed by atoms with Gasteiger partial charge in [0.15, 0.2) is 0 Å². The predicted octanol–water partition coefficient (Wildman–Crippen LogP) is 1.18. The van der Waals surface area contributed by atoms with Crippen LogP contribution in [0.1, 0.15) is 25.7 Å². The van der Waals surface area contributed by atoms with Gasteiger partial charge in [0, 0.05) is 5.41 Å². The van der Waals surface area contributed by atoms with Crippen molar-refractivity contribution in [3.05, 3.63) is 11.4 Å². The maximum absolute atomic E-state index is 10.0. The van der Waals surface area contributed by atoms with Crippen LogP contribution in [0.5, 0.6) is 0 Å². The minimum atomic E-state index is -1.12. The van der Waals surface area contributed by atoms with Crippen LogP contribution in [0.2, 0.25) is 0 Å². The second-order valence-corrected chi connectivity index (χ2v) is 3.83. The Kier molecular flexibility index (Phi) is 1.64. The lowest BCUT2D eigenvalue weighted by Gasteiger charge is -2.44. The number of rotatable bonds is 1. The fourth-order valence-corrected chi connectivity index (χ4v) is 2.33. The molecule has 0 amide bonds. The normalized spacial score (nSPS) is 37.7. The zero-order chi connectivity index (χ0) is 8.66. The highest BCUT2D eigenvalue weighted by Crippen LogP contribution is 2.56. The van der Waals surface area contributed by atoms with E-state index in [2.05, 4.69) is 4.85 Å². The fourth-order valence-electron chi connectivity index (χ4n) is 2.33. The molecule has 1 spiro atoms. The summed E-state index contributed by atoms with van der Waals surface area (Å²) in [5, 5.41) is 10.0. The molecule has 1 unspecified atom stereocenters. The molecule has 1 aliphatic heterocycles. The van der Waals surface area contributed by atoms with E-state index in [9.17, 15) is 5.11 Å². The monoisotopic (exact) mass is 167 g/mol. The van der Waals surface area contributed by atoms with Gasteiger partial charge in [0.2, 0.25) is 5.79 Å². The molecular formula is C9H13NO2. The first-order valence-electron chi connectivity index (χ1n) is 4.42. The van der Waals surface area contributed by atoms with Crippen LogP contribution in [0.3, 0.4) is 0 Å². The first-order valence-corrected chi connectivity index (χ1v) is 4.42. The van der Waals surface area contributed by atoms with Crippen molar-refractivity contribution in [2.24, 2.45) is 5.41 Å². The lowest BCUT2D eigenvalue weighted by Crippen LogP contribution is -2.51. The molecule has 0 bridgehead atoms. The molecule has 1 aliphatic carbocycles. The average molecular weight is 167 g/mol. The van der Waals surface area contributed by atoms with Crippen LogP contribution < -0.4 is 0 Å². The highest BCUT2D eigenvalue weighted by molar-refractivity contribution is 5.04. The summed E-state index contributed by atoms with van der Waals surface area (Å²) in [4.78, 5) is 3.24. The number of aliphatic hydroxyl groups is 1. The first kappa shape index (κ1) is 8.03. The Morgan fingerprint density at radius 1 is 1.42 bits per heavy atom. The Morgan fingerprint density at radius 2 is 2.17 bits per heavy atom. The van der Waals surface area contributed by atoms with Gasteiger partial charge in [0.05, 0.1) is 6.61 Å². The summed E-state index contributed by atoms with van der Waals surface area (Å²) < 4.78 is 5.28. The van der Waals surface area contributed by atoms with Crippen molar-refractivity contribution >= 4 is 0 Å².